The highest BCUT2D eigenvalue weighted by Crippen LogP contribution is 2.39. The van der Waals surface area contributed by atoms with Crippen molar-refractivity contribution in [1.82, 2.24) is 9.97 Å². The molecule has 1 atom stereocenters. The highest BCUT2D eigenvalue weighted by atomic mass is 32.2. The molecule has 40 heavy (non-hydrogen) atoms. The van der Waals surface area contributed by atoms with Crippen molar-refractivity contribution >= 4 is 34.2 Å². The first-order valence-corrected chi connectivity index (χ1v) is 13.6. The lowest BCUT2D eigenvalue weighted by atomic mass is 10.1. The van der Waals surface area contributed by atoms with Gasteiger partial charge in [-0.25, -0.2) is 4.98 Å². The van der Waals surface area contributed by atoms with Gasteiger partial charge in [-0.15, -0.1) is 0 Å². The standard InChI is InChI=1S/C29H33N5O5S/c1-19-5-7-22(8-6-19)34(23-9-11-24(12-10-23)40(35)36)13-4-14-39-27-25(37-2)16-20(17-26(27)38-3)15-21-18-32-29(31)33-28(21)30/h5-12,16-18H,4,13-15H2,1-3H3,(H,35,36)(H4,30,31,32,33)/p-1. The number of nitrogens with zero attached hydrogens (tertiary/aromatic N) is 3. The van der Waals surface area contributed by atoms with Gasteiger partial charge in [0.1, 0.15) is 5.82 Å². The fourth-order valence-corrected chi connectivity index (χ4v) is 4.59. The summed E-state index contributed by atoms with van der Waals surface area (Å²) in [7, 11) is 3.15. The highest BCUT2D eigenvalue weighted by molar-refractivity contribution is 7.79. The molecule has 0 bridgehead atoms. The molecule has 210 valence electrons. The minimum Gasteiger partial charge on any atom is -0.768 e. The normalized spacial score (nSPS) is 11.6. The van der Waals surface area contributed by atoms with Gasteiger partial charge in [0.05, 0.1) is 20.8 Å². The highest BCUT2D eigenvalue weighted by Gasteiger charge is 2.17. The van der Waals surface area contributed by atoms with Crippen molar-refractivity contribution in [2.75, 3.05) is 43.7 Å². The lowest BCUT2D eigenvalue weighted by molar-refractivity contribution is 0.272. The second-order valence-electron chi connectivity index (χ2n) is 9.06. The van der Waals surface area contributed by atoms with Crippen LogP contribution in [0.5, 0.6) is 17.2 Å². The fourth-order valence-electron chi connectivity index (χ4n) is 4.23. The molecule has 10 nitrogen and oxygen atoms in total. The van der Waals surface area contributed by atoms with E-state index in [2.05, 4.69) is 14.9 Å². The molecule has 4 aromatic rings. The Balaban J connectivity index is 1.49. The molecule has 1 heterocycles. The van der Waals surface area contributed by atoms with E-state index in [9.17, 15) is 8.76 Å². The number of ether oxygens (including phenoxy) is 3. The van der Waals surface area contributed by atoms with E-state index in [1.165, 1.54) is 0 Å². The van der Waals surface area contributed by atoms with Gasteiger partial charge in [-0.1, -0.05) is 17.7 Å². The molecule has 0 aliphatic carbocycles. The Morgan fingerprint density at radius 1 is 0.950 bits per heavy atom. The Morgan fingerprint density at radius 3 is 2.10 bits per heavy atom. The number of benzene rings is 3. The van der Waals surface area contributed by atoms with Crippen LogP contribution in [0, 0.1) is 6.92 Å². The molecular formula is C29H32N5O5S-. The molecule has 4 N–H and O–H groups in total. The van der Waals surface area contributed by atoms with Crippen LogP contribution in [0.3, 0.4) is 0 Å². The van der Waals surface area contributed by atoms with Crippen LogP contribution in [-0.2, 0) is 17.5 Å². The molecule has 3 aromatic carbocycles. The van der Waals surface area contributed by atoms with Crippen LogP contribution in [0.15, 0.2) is 71.8 Å². The third kappa shape index (κ3) is 6.99. The third-order valence-electron chi connectivity index (χ3n) is 6.29. The summed E-state index contributed by atoms with van der Waals surface area (Å²) in [5.74, 6) is 2.00. The zero-order chi connectivity index (χ0) is 28.6. The molecule has 0 saturated heterocycles. The summed E-state index contributed by atoms with van der Waals surface area (Å²) >= 11 is -2.28. The van der Waals surface area contributed by atoms with Gasteiger partial charge in [0.15, 0.2) is 11.5 Å². The second-order valence-corrected chi connectivity index (χ2v) is 10.0. The van der Waals surface area contributed by atoms with Gasteiger partial charge < -0.3 is 35.1 Å². The lowest BCUT2D eigenvalue weighted by Crippen LogP contribution is -2.20. The van der Waals surface area contributed by atoms with Gasteiger partial charge in [0.2, 0.25) is 11.7 Å². The molecular weight excluding hydrogens is 530 g/mol. The predicted octanol–water partition coefficient (Wildman–Crippen LogP) is 4.40. The topological polar surface area (TPSA) is 149 Å². The van der Waals surface area contributed by atoms with Crippen molar-refractivity contribution < 1.29 is 23.0 Å². The zero-order valence-corrected chi connectivity index (χ0v) is 23.4. The van der Waals surface area contributed by atoms with Crippen LogP contribution in [0.2, 0.25) is 0 Å². The van der Waals surface area contributed by atoms with Crippen LogP contribution >= 0.6 is 0 Å². The van der Waals surface area contributed by atoms with Crippen LogP contribution in [0.4, 0.5) is 23.1 Å². The van der Waals surface area contributed by atoms with Crippen molar-refractivity contribution in [2.45, 2.75) is 24.7 Å². The van der Waals surface area contributed by atoms with E-state index in [1.807, 2.05) is 43.3 Å². The summed E-state index contributed by atoms with van der Waals surface area (Å²) in [5.41, 5.74) is 16.3. The van der Waals surface area contributed by atoms with Gasteiger partial charge >= 0.3 is 0 Å². The van der Waals surface area contributed by atoms with Gasteiger partial charge in [-0.3, -0.25) is 4.21 Å². The van der Waals surface area contributed by atoms with Crippen molar-refractivity contribution in [3.05, 3.63) is 83.6 Å². The van der Waals surface area contributed by atoms with Crippen LogP contribution in [-0.4, -0.2) is 46.1 Å². The molecule has 1 unspecified atom stereocenters. The Hall–Kier alpha value is -4.35. The van der Waals surface area contributed by atoms with Gasteiger partial charge in [-0.05, 0) is 78.5 Å². The Kier molecular flexibility index (Phi) is 9.41. The summed E-state index contributed by atoms with van der Waals surface area (Å²) in [4.78, 5) is 10.4. The summed E-state index contributed by atoms with van der Waals surface area (Å²) < 4.78 is 40.0. The summed E-state index contributed by atoms with van der Waals surface area (Å²) in [6.07, 6.45) is 2.73. The van der Waals surface area contributed by atoms with Crippen molar-refractivity contribution in [2.24, 2.45) is 0 Å². The van der Waals surface area contributed by atoms with Crippen molar-refractivity contribution in [3.63, 3.8) is 0 Å². The number of hydrogen-bond donors (Lipinski definition) is 2. The molecule has 0 spiro atoms. The van der Waals surface area contributed by atoms with Gasteiger partial charge in [-0.2, -0.15) is 4.98 Å². The molecule has 1 aromatic heterocycles. The molecule has 0 aliphatic heterocycles. The van der Waals surface area contributed by atoms with Crippen molar-refractivity contribution in [1.29, 1.82) is 0 Å². The smallest absolute Gasteiger partial charge is 0.221 e. The molecule has 0 amide bonds. The number of aromatic nitrogens is 2. The van der Waals surface area contributed by atoms with Crippen molar-refractivity contribution in [3.8, 4) is 17.2 Å². The number of nitrogen functional groups attached to an aromatic ring is 2. The van der Waals surface area contributed by atoms with Crippen LogP contribution < -0.4 is 30.6 Å². The second kappa shape index (κ2) is 13.1. The first kappa shape index (κ1) is 28.7. The molecule has 0 aliphatic rings. The Labute approximate surface area is 236 Å². The number of anilines is 4. The summed E-state index contributed by atoms with van der Waals surface area (Å²) in [6, 6.07) is 18.7. The number of hydrogen-bond acceptors (Lipinski definition) is 10. The Morgan fingerprint density at radius 2 is 1.55 bits per heavy atom. The largest absolute Gasteiger partial charge is 0.768 e. The summed E-state index contributed by atoms with van der Waals surface area (Å²) in [5, 5.41) is 0. The monoisotopic (exact) mass is 562 g/mol. The molecule has 0 saturated carbocycles. The number of rotatable bonds is 12. The molecule has 0 fully saturated rings. The van der Waals surface area contributed by atoms with E-state index >= 15 is 0 Å². The van der Waals surface area contributed by atoms with Gasteiger partial charge in [0, 0.05) is 41.0 Å². The lowest BCUT2D eigenvalue weighted by Gasteiger charge is -2.26. The predicted molar refractivity (Wildman–Crippen MR) is 155 cm³/mol. The molecule has 4 rings (SSSR count). The van der Waals surface area contributed by atoms with Gasteiger partial charge in [0.25, 0.3) is 0 Å². The SMILES string of the molecule is COc1cc(Cc2cnc(N)nc2N)cc(OC)c1OCCCN(c1ccc(C)cc1)c1ccc(S(=O)[O-])cc1. The average molecular weight is 563 g/mol. The first-order chi connectivity index (χ1) is 19.3. The van der Waals surface area contributed by atoms with Crippen LogP contribution in [0.1, 0.15) is 23.1 Å². The van der Waals surface area contributed by atoms with E-state index in [4.69, 9.17) is 25.7 Å². The minimum absolute atomic E-state index is 0.122. The van der Waals surface area contributed by atoms with Crippen LogP contribution in [0.25, 0.3) is 0 Å². The molecule has 11 heteroatoms. The van der Waals surface area contributed by atoms with E-state index in [1.54, 1.807) is 44.7 Å². The average Bonchev–Trinajstić information content (AvgIpc) is 2.95. The maximum absolute atomic E-state index is 11.3. The number of methoxy groups -OCH3 is 2. The Bertz CT molecular complexity index is 1440. The van der Waals surface area contributed by atoms with E-state index < -0.39 is 11.1 Å². The van der Waals surface area contributed by atoms with E-state index in [-0.39, 0.29) is 10.8 Å². The van der Waals surface area contributed by atoms with E-state index in [0.717, 1.165) is 28.1 Å². The fraction of sp³-hybridized carbons (Fsp3) is 0.241. The third-order valence-corrected chi connectivity index (χ3v) is 6.95. The zero-order valence-electron chi connectivity index (χ0n) is 22.6. The quantitative estimate of drug-likeness (QED) is 0.188. The molecule has 0 radical (unpaired) electrons. The summed E-state index contributed by atoms with van der Waals surface area (Å²) in [6.45, 7) is 3.04. The maximum Gasteiger partial charge on any atom is 0.221 e. The number of nitrogens with two attached hydrogens (primary N) is 2. The first-order valence-electron chi connectivity index (χ1n) is 12.6. The maximum atomic E-state index is 11.3. The van der Waals surface area contributed by atoms with E-state index in [0.29, 0.717) is 49.1 Å². The minimum atomic E-state index is -2.28. The number of aryl methyl sites for hydroxylation is 1.